The number of hydrogen-bond donors (Lipinski definition) is 0. The highest BCUT2D eigenvalue weighted by Gasteiger charge is 2.37. The third-order valence-corrected chi connectivity index (χ3v) is 5.17. The Bertz CT molecular complexity index is 1050. The smallest absolute Gasteiger partial charge is 0.252 e. The Labute approximate surface area is 164 Å². The molecule has 7 heteroatoms. The lowest BCUT2D eigenvalue weighted by Gasteiger charge is -2.30. The van der Waals surface area contributed by atoms with Gasteiger partial charge in [-0.15, -0.1) is 0 Å². The van der Waals surface area contributed by atoms with Crippen molar-refractivity contribution >= 4 is 11.7 Å². The highest BCUT2D eigenvalue weighted by atomic mass is 16.5. The molecule has 28 heavy (non-hydrogen) atoms. The van der Waals surface area contributed by atoms with Crippen molar-refractivity contribution in [1.82, 2.24) is 19.7 Å². The summed E-state index contributed by atoms with van der Waals surface area (Å²) >= 11 is 0. The molecule has 4 rings (SSSR count). The normalized spacial score (nSPS) is 16.2. The van der Waals surface area contributed by atoms with E-state index in [0.29, 0.717) is 12.4 Å². The second-order valence-corrected chi connectivity index (χ2v) is 7.14. The van der Waals surface area contributed by atoms with Crippen LogP contribution in [0.25, 0.3) is 5.95 Å². The Morgan fingerprint density at radius 2 is 1.79 bits per heavy atom. The number of carbonyl (C=O) groups is 1. The third kappa shape index (κ3) is 2.83. The molecule has 0 radical (unpaired) electrons. The molecule has 0 saturated heterocycles. The average molecular weight is 377 g/mol. The molecule has 1 atom stereocenters. The minimum atomic E-state index is -0.130. The molecule has 3 aromatic rings. The fraction of sp³-hybridized carbons (Fsp3) is 0.333. The second-order valence-electron chi connectivity index (χ2n) is 7.14. The first-order valence-corrected chi connectivity index (χ1v) is 9.22. The topological polar surface area (TPSA) is 73.1 Å². The Hall–Kier alpha value is -3.22. The molecule has 1 aromatic carbocycles. The first kappa shape index (κ1) is 18.2. The average Bonchev–Trinajstić information content (AvgIpc) is 3.01. The zero-order chi connectivity index (χ0) is 20.0. The van der Waals surface area contributed by atoms with Gasteiger partial charge in [0.1, 0.15) is 11.6 Å². The zero-order valence-electron chi connectivity index (χ0n) is 16.7. The Balaban J connectivity index is 1.96. The first-order valence-electron chi connectivity index (χ1n) is 9.22. The maximum Gasteiger partial charge on any atom is 0.252 e. The number of fused-ring (bicyclic) bond motifs is 1. The number of aromatic nitrogens is 4. The van der Waals surface area contributed by atoms with Gasteiger partial charge in [0.2, 0.25) is 5.91 Å². The van der Waals surface area contributed by atoms with Gasteiger partial charge >= 0.3 is 0 Å². The molecule has 0 spiro atoms. The lowest BCUT2D eigenvalue weighted by atomic mass is 9.84. The van der Waals surface area contributed by atoms with E-state index in [0.717, 1.165) is 39.8 Å². The van der Waals surface area contributed by atoms with Crippen LogP contribution in [-0.4, -0.2) is 39.8 Å². The van der Waals surface area contributed by atoms with Crippen LogP contribution in [0.5, 0.6) is 5.75 Å². The fourth-order valence-corrected chi connectivity index (χ4v) is 3.95. The Morgan fingerprint density at radius 3 is 2.46 bits per heavy atom. The summed E-state index contributed by atoms with van der Waals surface area (Å²) in [4.78, 5) is 23.6. The molecular weight excluding hydrogens is 354 g/mol. The number of nitrogens with zero attached hydrogens (tertiary/aromatic N) is 5. The highest BCUT2D eigenvalue weighted by Crippen LogP contribution is 2.44. The maximum atomic E-state index is 12.9. The summed E-state index contributed by atoms with van der Waals surface area (Å²) in [5.41, 5.74) is 4.56. The number of methoxy groups -OCH3 is 1. The van der Waals surface area contributed by atoms with Crippen LogP contribution in [0.3, 0.4) is 0 Å². The number of aryl methyl sites for hydroxylation is 3. The molecule has 144 valence electrons. The van der Waals surface area contributed by atoms with Gasteiger partial charge < -0.3 is 4.74 Å². The number of anilines is 1. The van der Waals surface area contributed by atoms with Gasteiger partial charge in [-0.05, 0) is 32.9 Å². The molecule has 0 unspecified atom stereocenters. The van der Waals surface area contributed by atoms with E-state index in [1.807, 2.05) is 51.1 Å². The van der Waals surface area contributed by atoms with E-state index in [1.165, 1.54) is 0 Å². The molecule has 0 aliphatic carbocycles. The van der Waals surface area contributed by atoms with Crippen molar-refractivity contribution in [2.24, 2.45) is 0 Å². The molecule has 0 fully saturated rings. The molecule has 1 amide bonds. The van der Waals surface area contributed by atoms with Crippen LogP contribution in [0.15, 0.2) is 30.3 Å². The molecule has 2 aromatic heterocycles. The zero-order valence-corrected chi connectivity index (χ0v) is 16.7. The molecule has 7 nitrogen and oxygen atoms in total. The number of para-hydroxylation sites is 1. The van der Waals surface area contributed by atoms with Crippen LogP contribution >= 0.6 is 0 Å². The lowest BCUT2D eigenvalue weighted by molar-refractivity contribution is -0.118. The van der Waals surface area contributed by atoms with Crippen molar-refractivity contribution < 1.29 is 9.53 Å². The minimum absolute atomic E-state index is 0.0222. The van der Waals surface area contributed by atoms with Crippen molar-refractivity contribution in [1.29, 1.82) is 0 Å². The summed E-state index contributed by atoms with van der Waals surface area (Å²) in [6, 6.07) is 9.74. The summed E-state index contributed by atoms with van der Waals surface area (Å²) in [6.45, 7) is 5.81. The molecule has 1 aliphatic rings. The van der Waals surface area contributed by atoms with Crippen molar-refractivity contribution in [3.8, 4) is 11.7 Å². The number of hydrogen-bond acceptors (Lipinski definition) is 5. The minimum Gasteiger partial charge on any atom is -0.496 e. The van der Waals surface area contributed by atoms with E-state index in [2.05, 4.69) is 9.97 Å². The third-order valence-electron chi connectivity index (χ3n) is 5.17. The predicted molar refractivity (Wildman–Crippen MR) is 106 cm³/mol. The fourth-order valence-electron chi connectivity index (χ4n) is 3.95. The van der Waals surface area contributed by atoms with E-state index >= 15 is 0 Å². The van der Waals surface area contributed by atoms with Gasteiger partial charge in [0.15, 0.2) is 0 Å². The largest absolute Gasteiger partial charge is 0.496 e. The summed E-state index contributed by atoms with van der Waals surface area (Å²) in [7, 11) is 3.43. The number of amides is 1. The quantitative estimate of drug-likeness (QED) is 0.701. The SMILES string of the molecule is COc1ccccc1[C@H]1CC(=O)N(C)c2c1c(C)nn2-c1nc(C)cc(C)n1. The molecular formula is C21H23N5O2. The van der Waals surface area contributed by atoms with E-state index in [-0.39, 0.29) is 11.8 Å². The molecule has 0 bridgehead atoms. The van der Waals surface area contributed by atoms with Crippen molar-refractivity contribution in [3.05, 3.63) is 58.5 Å². The summed E-state index contributed by atoms with van der Waals surface area (Å²) < 4.78 is 7.25. The van der Waals surface area contributed by atoms with Crippen LogP contribution in [0.1, 0.15) is 40.5 Å². The van der Waals surface area contributed by atoms with Crippen LogP contribution in [0, 0.1) is 20.8 Å². The van der Waals surface area contributed by atoms with Crippen LogP contribution in [-0.2, 0) is 4.79 Å². The maximum absolute atomic E-state index is 12.9. The molecule has 0 N–H and O–H groups in total. The number of ether oxygens (including phenoxy) is 1. The van der Waals surface area contributed by atoms with Crippen molar-refractivity contribution in [2.75, 3.05) is 19.1 Å². The summed E-state index contributed by atoms with van der Waals surface area (Å²) in [5.74, 6) is 1.85. The predicted octanol–water partition coefficient (Wildman–Crippen LogP) is 3.09. The van der Waals surface area contributed by atoms with E-state index < -0.39 is 0 Å². The molecule has 3 heterocycles. The second kappa shape index (κ2) is 6.74. The standard InChI is InChI=1S/C21H23N5O2/c1-12-10-13(2)23-21(22-12)26-20-19(14(3)24-26)16(11-18(27)25(20)4)15-8-6-7-9-17(15)28-5/h6-10,16H,11H2,1-5H3/t16-/m1/s1. The van der Waals surface area contributed by atoms with Crippen LogP contribution in [0.4, 0.5) is 5.82 Å². The number of carbonyl (C=O) groups excluding carboxylic acids is 1. The van der Waals surface area contributed by atoms with E-state index in [4.69, 9.17) is 9.84 Å². The van der Waals surface area contributed by atoms with Gasteiger partial charge in [-0.1, -0.05) is 18.2 Å². The van der Waals surface area contributed by atoms with E-state index in [9.17, 15) is 4.79 Å². The van der Waals surface area contributed by atoms with Crippen molar-refractivity contribution in [3.63, 3.8) is 0 Å². The molecule has 0 saturated carbocycles. The highest BCUT2D eigenvalue weighted by molar-refractivity contribution is 5.97. The number of rotatable bonds is 3. The van der Waals surface area contributed by atoms with Crippen LogP contribution in [0.2, 0.25) is 0 Å². The van der Waals surface area contributed by atoms with Gasteiger partial charge in [-0.25, -0.2) is 9.97 Å². The van der Waals surface area contributed by atoms with Gasteiger partial charge in [-0.2, -0.15) is 9.78 Å². The van der Waals surface area contributed by atoms with Gasteiger partial charge in [0, 0.05) is 41.9 Å². The summed E-state index contributed by atoms with van der Waals surface area (Å²) in [6.07, 6.45) is 0.365. The summed E-state index contributed by atoms with van der Waals surface area (Å²) in [5, 5.41) is 4.72. The van der Waals surface area contributed by atoms with Gasteiger partial charge in [0.05, 0.1) is 12.8 Å². The monoisotopic (exact) mass is 377 g/mol. The lowest BCUT2D eigenvalue weighted by Crippen LogP contribution is -2.35. The number of benzene rings is 1. The van der Waals surface area contributed by atoms with Gasteiger partial charge in [0.25, 0.3) is 5.95 Å². The Kier molecular flexibility index (Phi) is 4.37. The first-order chi connectivity index (χ1) is 13.4. The molecule has 1 aliphatic heterocycles. The van der Waals surface area contributed by atoms with Crippen molar-refractivity contribution in [2.45, 2.75) is 33.1 Å². The van der Waals surface area contributed by atoms with E-state index in [1.54, 1.807) is 23.7 Å². The van der Waals surface area contributed by atoms with Crippen LogP contribution < -0.4 is 9.64 Å². The Morgan fingerprint density at radius 1 is 1.11 bits per heavy atom. The van der Waals surface area contributed by atoms with Gasteiger partial charge in [-0.3, -0.25) is 9.69 Å².